The molecule has 0 N–H and O–H groups in total. The van der Waals surface area contributed by atoms with E-state index < -0.39 is 81.9 Å². The third-order valence-corrected chi connectivity index (χ3v) is 17.9. The molecule has 4 aromatic rings. The first-order valence-corrected chi connectivity index (χ1v) is 25.4. The van der Waals surface area contributed by atoms with Gasteiger partial charge in [0.15, 0.2) is 33.3 Å². The van der Waals surface area contributed by atoms with Crippen molar-refractivity contribution in [1.29, 1.82) is 0 Å². The summed E-state index contributed by atoms with van der Waals surface area (Å²) in [7, 11) is 0.180. The molecule has 15 nitrogen and oxygen atoms in total. The average Bonchev–Trinajstić information content (AvgIpc) is 3.33. The van der Waals surface area contributed by atoms with Crippen LogP contribution in [0.2, 0.25) is 18.1 Å². The summed E-state index contributed by atoms with van der Waals surface area (Å²) >= 11 is 0. The molecule has 3 heterocycles. The third-order valence-electron chi connectivity index (χ3n) is 13.4. The molecule has 7 rings (SSSR count). The molecule has 0 spiro atoms. The second kappa shape index (κ2) is 22.4. The molecule has 354 valence electrons. The van der Waals surface area contributed by atoms with Gasteiger partial charge in [0.1, 0.15) is 48.4 Å². The number of nitrogens with zero attached hydrogens (tertiary/aromatic N) is 3. The molecule has 0 radical (unpaired) electrons. The Morgan fingerprint density at radius 2 is 1.30 bits per heavy atom. The molecule has 0 aliphatic carbocycles. The van der Waals surface area contributed by atoms with Gasteiger partial charge in [-0.3, -0.25) is 0 Å². The fourth-order valence-corrected chi connectivity index (χ4v) is 10.8. The van der Waals surface area contributed by atoms with Crippen LogP contribution in [0.15, 0.2) is 120 Å². The van der Waals surface area contributed by atoms with Crippen molar-refractivity contribution >= 4 is 14.3 Å². The minimum absolute atomic E-state index is 0.0860. The van der Waals surface area contributed by atoms with E-state index in [1.54, 1.807) is 7.11 Å². The van der Waals surface area contributed by atoms with E-state index in [4.69, 9.17) is 51.8 Å². The van der Waals surface area contributed by atoms with Gasteiger partial charge in [0.25, 0.3) is 0 Å². The van der Waals surface area contributed by atoms with Crippen molar-refractivity contribution in [2.45, 2.75) is 133 Å². The molecule has 16 heteroatoms. The van der Waals surface area contributed by atoms with E-state index in [1.807, 2.05) is 115 Å². The number of benzene rings is 4. The van der Waals surface area contributed by atoms with Crippen LogP contribution in [-0.2, 0) is 71.7 Å². The Kier molecular flexibility index (Phi) is 16.7. The van der Waals surface area contributed by atoms with Crippen molar-refractivity contribution in [3.05, 3.63) is 148 Å². The number of azide groups is 1. The molecule has 0 aromatic heterocycles. The molecule has 3 fully saturated rings. The molecule has 3 aliphatic rings. The molecule has 0 saturated carbocycles. The van der Waals surface area contributed by atoms with Crippen LogP contribution in [0, 0.1) is 5.92 Å². The number of rotatable bonds is 19. The van der Waals surface area contributed by atoms with Gasteiger partial charge in [-0.05, 0) is 58.4 Å². The third kappa shape index (κ3) is 11.5. The fourth-order valence-electron chi connectivity index (χ4n) is 8.29. The van der Waals surface area contributed by atoms with E-state index in [9.17, 15) is 10.3 Å². The highest BCUT2D eigenvalue weighted by atomic mass is 28.4. The zero-order chi connectivity index (χ0) is 46.8. The van der Waals surface area contributed by atoms with E-state index in [-0.39, 0.29) is 37.4 Å². The standard InChI is InChI=1S/C50H63N3O12Si/c1-32(2)50(3,4)66(7,8)65-49-45(59-30-35-24-26-37(55-5)27-25-35)42(58-29-34-20-14-10-15-21-34)43(44(64-49)46(54)56-6)63-48-39(52-53-51)41(57-28-33-18-12-9-13-19-33)40-38(61-48)31-60-47(62-40)36-22-16-11-17-23-36/h9-27,32,38-45,47-49H,28-31H2,1-8H3/t38-,39-,40-,41-,42+,43+,44-,45-,47-,48-,49-/m1/s1. The lowest BCUT2D eigenvalue weighted by atomic mass is 9.94. The number of esters is 1. The maximum Gasteiger partial charge on any atom is 0.337 e. The van der Waals surface area contributed by atoms with Gasteiger partial charge in [0.2, 0.25) is 0 Å². The lowest BCUT2D eigenvalue weighted by Gasteiger charge is -2.52. The molecule has 4 aromatic carbocycles. The lowest BCUT2D eigenvalue weighted by molar-refractivity contribution is -0.371. The van der Waals surface area contributed by atoms with Crippen molar-refractivity contribution in [3.8, 4) is 5.75 Å². The average molecular weight is 926 g/mol. The normalized spacial score (nSPS) is 27.9. The molecule has 3 aliphatic heterocycles. The molecule has 66 heavy (non-hydrogen) atoms. The van der Waals surface area contributed by atoms with E-state index in [1.165, 1.54) is 7.11 Å². The van der Waals surface area contributed by atoms with Crippen LogP contribution >= 0.6 is 0 Å². The Morgan fingerprint density at radius 1 is 0.742 bits per heavy atom. The first kappa shape index (κ1) is 49.2. The SMILES string of the molecule is COC(=O)[C@@H]1O[C@H](O[Si](C)(C)C(C)(C)C(C)C)[C@H](OCc2ccc(OC)cc2)[C@@H](OCc2ccccc2)[C@@H]1O[C@H]1O[C@@H]2CO[C@@H](c3ccccc3)O[C@H]2[C@H](OCc2ccccc2)[C@H]1N=[N+]=[N-]. The number of carbonyl (C=O) groups excluding carboxylic acids is 1. The van der Waals surface area contributed by atoms with Crippen LogP contribution in [0.3, 0.4) is 0 Å². The topological polar surface area (TPSA) is 167 Å². The van der Waals surface area contributed by atoms with Gasteiger partial charge in [0, 0.05) is 10.5 Å². The maximum absolute atomic E-state index is 14.2. The summed E-state index contributed by atoms with van der Waals surface area (Å²) in [4.78, 5) is 17.4. The first-order valence-electron chi connectivity index (χ1n) is 22.5. The molecule has 0 bridgehead atoms. The van der Waals surface area contributed by atoms with Crippen molar-refractivity contribution < 1.29 is 56.6 Å². The molecular weight excluding hydrogens is 863 g/mol. The summed E-state index contributed by atoms with van der Waals surface area (Å²) in [6, 6.07) is 35.2. The second-order valence-electron chi connectivity index (χ2n) is 18.1. The fraction of sp³-hybridized carbons (Fsp3) is 0.500. The van der Waals surface area contributed by atoms with Crippen molar-refractivity contribution in [2.24, 2.45) is 11.0 Å². The first-order chi connectivity index (χ1) is 31.8. The number of carbonyl (C=O) groups is 1. The van der Waals surface area contributed by atoms with Crippen LogP contribution in [0.5, 0.6) is 5.75 Å². The molecular formula is C50H63N3O12Si. The van der Waals surface area contributed by atoms with Crippen molar-refractivity contribution in [2.75, 3.05) is 20.8 Å². The Labute approximate surface area is 388 Å². The Hall–Kier alpha value is -4.68. The lowest BCUT2D eigenvalue weighted by Crippen LogP contribution is -2.68. The number of hydrogen-bond donors (Lipinski definition) is 0. The van der Waals surface area contributed by atoms with Crippen LogP contribution < -0.4 is 4.74 Å². The van der Waals surface area contributed by atoms with Gasteiger partial charge in [0.05, 0.1) is 40.6 Å². The van der Waals surface area contributed by atoms with E-state index in [0.717, 1.165) is 22.3 Å². The summed E-state index contributed by atoms with van der Waals surface area (Å²) in [5.74, 6) is 0.207. The number of fused-ring (bicyclic) bond motifs is 1. The quantitative estimate of drug-likeness (QED) is 0.0288. The van der Waals surface area contributed by atoms with E-state index >= 15 is 0 Å². The zero-order valence-corrected chi connectivity index (χ0v) is 40.0. The molecule has 0 amide bonds. The summed E-state index contributed by atoms with van der Waals surface area (Å²) in [6.07, 6.45) is -10.4. The van der Waals surface area contributed by atoms with Crippen LogP contribution in [0.25, 0.3) is 10.4 Å². The maximum atomic E-state index is 14.2. The monoisotopic (exact) mass is 925 g/mol. The van der Waals surface area contributed by atoms with E-state index in [2.05, 4.69) is 50.8 Å². The van der Waals surface area contributed by atoms with Gasteiger partial charge in [-0.1, -0.05) is 136 Å². The minimum atomic E-state index is -2.71. The smallest absolute Gasteiger partial charge is 0.337 e. The Balaban J connectivity index is 1.29. The number of ether oxygens (including phenoxy) is 10. The predicted molar refractivity (Wildman–Crippen MR) is 246 cm³/mol. The van der Waals surface area contributed by atoms with Crippen molar-refractivity contribution in [3.63, 3.8) is 0 Å². The van der Waals surface area contributed by atoms with Crippen LogP contribution in [0.1, 0.15) is 56.2 Å². The van der Waals surface area contributed by atoms with Gasteiger partial charge in [-0.25, -0.2) is 4.79 Å². The second-order valence-corrected chi connectivity index (χ2v) is 22.7. The van der Waals surface area contributed by atoms with Gasteiger partial charge in [-0.2, -0.15) is 0 Å². The van der Waals surface area contributed by atoms with Crippen LogP contribution in [-0.4, -0.2) is 96.5 Å². The zero-order valence-electron chi connectivity index (χ0n) is 39.0. The van der Waals surface area contributed by atoms with Crippen molar-refractivity contribution in [1.82, 2.24) is 0 Å². The molecule has 3 saturated heterocycles. The highest BCUT2D eigenvalue weighted by molar-refractivity contribution is 6.74. The number of hydrogen-bond acceptors (Lipinski definition) is 13. The summed E-state index contributed by atoms with van der Waals surface area (Å²) in [6.45, 7) is 13.4. The highest BCUT2D eigenvalue weighted by Gasteiger charge is 2.58. The largest absolute Gasteiger partial charge is 0.497 e. The molecule has 11 atom stereocenters. The van der Waals surface area contributed by atoms with Gasteiger partial charge >= 0.3 is 5.97 Å². The number of methoxy groups -OCH3 is 2. The van der Waals surface area contributed by atoms with E-state index in [0.29, 0.717) is 5.75 Å². The summed E-state index contributed by atoms with van der Waals surface area (Å²) in [5, 5.41) is 4.01. The minimum Gasteiger partial charge on any atom is -0.497 e. The van der Waals surface area contributed by atoms with Gasteiger partial charge < -0.3 is 51.8 Å². The van der Waals surface area contributed by atoms with Gasteiger partial charge in [-0.15, -0.1) is 0 Å². The highest BCUT2D eigenvalue weighted by Crippen LogP contribution is 2.47. The Morgan fingerprint density at radius 3 is 1.86 bits per heavy atom. The molecule has 0 unspecified atom stereocenters. The Bertz CT molecular complexity index is 2180. The summed E-state index contributed by atoms with van der Waals surface area (Å²) in [5.41, 5.74) is 13.6. The summed E-state index contributed by atoms with van der Waals surface area (Å²) < 4.78 is 71.8. The van der Waals surface area contributed by atoms with Crippen LogP contribution in [0.4, 0.5) is 0 Å². The predicted octanol–water partition coefficient (Wildman–Crippen LogP) is 9.21.